The van der Waals surface area contributed by atoms with Crippen LogP contribution in [0.2, 0.25) is 0 Å². The van der Waals surface area contributed by atoms with E-state index in [2.05, 4.69) is 74.5 Å². The molecule has 0 amide bonds. The Morgan fingerprint density at radius 3 is 2.37 bits per heavy atom. The van der Waals surface area contributed by atoms with E-state index in [0.717, 1.165) is 37.8 Å². The summed E-state index contributed by atoms with van der Waals surface area (Å²) in [6.45, 7) is 12.5. The summed E-state index contributed by atoms with van der Waals surface area (Å²) in [5.41, 5.74) is 4.96. The number of aliphatic imine (C=N–C) groups is 1. The summed E-state index contributed by atoms with van der Waals surface area (Å²) in [5.74, 6) is 1.29. The van der Waals surface area contributed by atoms with Gasteiger partial charge in [-0.25, -0.2) is 0 Å². The normalized spacial score (nSPS) is 15.7. The molecule has 1 aromatic heterocycles. The van der Waals surface area contributed by atoms with Gasteiger partial charge in [0.2, 0.25) is 0 Å². The van der Waals surface area contributed by atoms with Crippen LogP contribution in [0.4, 0.5) is 0 Å². The van der Waals surface area contributed by atoms with Crippen molar-refractivity contribution in [2.24, 2.45) is 10.9 Å². The van der Waals surface area contributed by atoms with Crippen LogP contribution in [0.15, 0.2) is 35.3 Å². The second kappa shape index (κ2) is 12.3. The van der Waals surface area contributed by atoms with E-state index in [9.17, 15) is 0 Å². The van der Waals surface area contributed by atoms with Crippen molar-refractivity contribution in [2.45, 2.75) is 53.2 Å². The number of nitrogens with zero attached hydrogens (tertiary/aromatic N) is 4. The molecule has 2 aromatic rings. The van der Waals surface area contributed by atoms with Crippen LogP contribution in [0.25, 0.3) is 0 Å². The van der Waals surface area contributed by atoms with Crippen LogP contribution in [0.1, 0.15) is 42.3 Å². The molecule has 0 aliphatic carbocycles. The summed E-state index contributed by atoms with van der Waals surface area (Å²) in [7, 11) is 1.82. The molecule has 2 N–H and O–H groups in total. The Kier molecular flexibility index (Phi) is 10.1. The van der Waals surface area contributed by atoms with Gasteiger partial charge in [-0.3, -0.25) is 14.6 Å². The topological polar surface area (TPSA) is 57.5 Å². The van der Waals surface area contributed by atoms with Gasteiger partial charge in [-0.2, -0.15) is 5.10 Å². The third kappa shape index (κ3) is 7.58. The number of likely N-dealkylation sites (tertiary alicyclic amines) is 1. The van der Waals surface area contributed by atoms with Crippen LogP contribution in [-0.4, -0.2) is 47.3 Å². The van der Waals surface area contributed by atoms with Crippen LogP contribution in [0.5, 0.6) is 0 Å². The lowest BCUT2D eigenvalue weighted by Gasteiger charge is -2.17. The highest BCUT2D eigenvalue weighted by Gasteiger charge is 2.11. The highest BCUT2D eigenvalue weighted by molar-refractivity contribution is 14.0. The zero-order chi connectivity index (χ0) is 20.6. The van der Waals surface area contributed by atoms with Crippen molar-refractivity contribution in [3.8, 4) is 0 Å². The van der Waals surface area contributed by atoms with Gasteiger partial charge >= 0.3 is 0 Å². The lowest BCUT2D eigenvalue weighted by molar-refractivity contribution is 0.331. The minimum atomic E-state index is 0. The quantitative estimate of drug-likeness (QED) is 0.314. The Hall–Kier alpha value is -1.61. The highest BCUT2D eigenvalue weighted by atomic mass is 127. The van der Waals surface area contributed by atoms with E-state index in [0.29, 0.717) is 5.92 Å². The molecule has 2 heterocycles. The SMILES string of the molecule is CN=C(NCc1ccc(CN2CCCC2)cc1)NCC(C)Cn1nc(C)cc1C.I. The molecule has 1 unspecified atom stereocenters. The molecule has 166 valence electrons. The monoisotopic (exact) mass is 524 g/mol. The van der Waals surface area contributed by atoms with Crippen LogP contribution in [0.3, 0.4) is 0 Å². The van der Waals surface area contributed by atoms with Gasteiger partial charge in [0.1, 0.15) is 0 Å². The second-order valence-electron chi connectivity index (χ2n) is 8.32. The maximum absolute atomic E-state index is 4.55. The Morgan fingerprint density at radius 1 is 1.10 bits per heavy atom. The van der Waals surface area contributed by atoms with Gasteiger partial charge in [0.15, 0.2) is 5.96 Å². The Balaban J connectivity index is 0.00000320. The largest absolute Gasteiger partial charge is 0.356 e. The molecule has 1 aliphatic heterocycles. The molecule has 30 heavy (non-hydrogen) atoms. The van der Waals surface area contributed by atoms with Crippen LogP contribution < -0.4 is 10.6 Å². The number of rotatable bonds is 8. The Morgan fingerprint density at radius 2 is 1.77 bits per heavy atom. The number of halogens is 1. The molecule has 1 aliphatic rings. The molecule has 0 radical (unpaired) electrons. The molecular formula is C23H37IN6. The van der Waals surface area contributed by atoms with Crippen molar-refractivity contribution in [3.05, 3.63) is 52.8 Å². The number of nitrogens with one attached hydrogen (secondary N) is 2. The predicted molar refractivity (Wildman–Crippen MR) is 135 cm³/mol. The number of hydrogen-bond donors (Lipinski definition) is 2. The van der Waals surface area contributed by atoms with Crippen molar-refractivity contribution in [3.63, 3.8) is 0 Å². The number of hydrogen-bond acceptors (Lipinski definition) is 3. The maximum atomic E-state index is 4.55. The van der Waals surface area contributed by atoms with Crippen LogP contribution in [0, 0.1) is 19.8 Å². The second-order valence-corrected chi connectivity index (χ2v) is 8.32. The van der Waals surface area contributed by atoms with Gasteiger partial charge in [-0.15, -0.1) is 24.0 Å². The van der Waals surface area contributed by atoms with E-state index in [1.54, 1.807) is 0 Å². The summed E-state index contributed by atoms with van der Waals surface area (Å²) in [6.07, 6.45) is 2.68. The minimum Gasteiger partial charge on any atom is -0.356 e. The number of benzene rings is 1. The lowest BCUT2D eigenvalue weighted by Crippen LogP contribution is -2.39. The van der Waals surface area contributed by atoms with Crippen molar-refractivity contribution in [1.29, 1.82) is 0 Å². The average Bonchev–Trinajstić information content (AvgIpc) is 3.32. The van der Waals surface area contributed by atoms with Crippen LogP contribution in [-0.2, 0) is 19.6 Å². The smallest absolute Gasteiger partial charge is 0.191 e. The molecule has 0 bridgehead atoms. The fraction of sp³-hybridized carbons (Fsp3) is 0.565. The molecule has 6 nitrogen and oxygen atoms in total. The summed E-state index contributed by atoms with van der Waals surface area (Å²) in [5, 5.41) is 11.4. The van der Waals surface area contributed by atoms with E-state index >= 15 is 0 Å². The van der Waals surface area contributed by atoms with Crippen molar-refractivity contribution < 1.29 is 0 Å². The summed E-state index contributed by atoms with van der Waals surface area (Å²) in [4.78, 5) is 6.89. The first kappa shape index (κ1) is 24.7. The van der Waals surface area contributed by atoms with Gasteiger partial charge in [0, 0.05) is 38.9 Å². The molecule has 1 atom stereocenters. The third-order valence-corrected chi connectivity index (χ3v) is 5.52. The predicted octanol–water partition coefficient (Wildman–Crippen LogP) is 3.72. The van der Waals surface area contributed by atoms with Crippen molar-refractivity contribution in [2.75, 3.05) is 26.7 Å². The summed E-state index contributed by atoms with van der Waals surface area (Å²) < 4.78 is 2.08. The maximum Gasteiger partial charge on any atom is 0.191 e. The zero-order valence-electron chi connectivity index (χ0n) is 18.8. The van der Waals surface area contributed by atoms with E-state index in [-0.39, 0.29) is 24.0 Å². The Bertz CT molecular complexity index is 793. The number of aryl methyl sites for hydroxylation is 2. The van der Waals surface area contributed by atoms with Gasteiger partial charge in [0.05, 0.1) is 5.69 Å². The molecule has 1 saturated heterocycles. The molecule has 0 saturated carbocycles. The van der Waals surface area contributed by atoms with E-state index in [1.807, 2.05) is 14.0 Å². The van der Waals surface area contributed by atoms with Gasteiger partial charge in [-0.05, 0) is 62.9 Å². The summed E-state index contributed by atoms with van der Waals surface area (Å²) >= 11 is 0. The van der Waals surface area contributed by atoms with Gasteiger partial charge < -0.3 is 10.6 Å². The van der Waals surface area contributed by atoms with E-state index in [1.165, 1.54) is 42.8 Å². The first-order valence-corrected chi connectivity index (χ1v) is 10.8. The highest BCUT2D eigenvalue weighted by Crippen LogP contribution is 2.13. The minimum absolute atomic E-state index is 0. The molecule has 1 fully saturated rings. The third-order valence-electron chi connectivity index (χ3n) is 5.52. The zero-order valence-corrected chi connectivity index (χ0v) is 21.1. The Labute approximate surface area is 198 Å². The van der Waals surface area contributed by atoms with Crippen LogP contribution >= 0.6 is 24.0 Å². The molecule has 7 heteroatoms. The van der Waals surface area contributed by atoms with Crippen molar-refractivity contribution in [1.82, 2.24) is 25.3 Å². The fourth-order valence-electron chi connectivity index (χ4n) is 3.86. The standard InChI is InChI=1S/C23H36N6.HI/c1-18(16-29-20(3)13-19(2)27-29)14-25-23(24-4)26-15-21-7-9-22(10-8-21)17-28-11-5-6-12-28;/h7-10,13,18H,5-6,11-12,14-17H2,1-4H3,(H2,24,25,26);1H. The first-order valence-electron chi connectivity index (χ1n) is 10.8. The number of guanidine groups is 1. The van der Waals surface area contributed by atoms with E-state index < -0.39 is 0 Å². The fourth-order valence-corrected chi connectivity index (χ4v) is 3.86. The molecule has 1 aromatic carbocycles. The average molecular weight is 524 g/mol. The molecule has 3 rings (SSSR count). The lowest BCUT2D eigenvalue weighted by atomic mass is 10.1. The molecular weight excluding hydrogens is 487 g/mol. The van der Waals surface area contributed by atoms with E-state index in [4.69, 9.17) is 0 Å². The first-order chi connectivity index (χ1) is 14.0. The van der Waals surface area contributed by atoms with Gasteiger partial charge in [-0.1, -0.05) is 31.2 Å². The molecule has 0 spiro atoms. The summed E-state index contributed by atoms with van der Waals surface area (Å²) in [6, 6.07) is 11.1. The number of aromatic nitrogens is 2. The van der Waals surface area contributed by atoms with Gasteiger partial charge in [0.25, 0.3) is 0 Å². The van der Waals surface area contributed by atoms with Crippen molar-refractivity contribution >= 4 is 29.9 Å².